The van der Waals surface area contributed by atoms with E-state index in [2.05, 4.69) is 5.32 Å². The summed E-state index contributed by atoms with van der Waals surface area (Å²) >= 11 is 0. The molecule has 0 radical (unpaired) electrons. The van der Waals surface area contributed by atoms with Crippen LogP contribution in [0.5, 0.6) is 11.5 Å². The maximum absolute atomic E-state index is 14.6. The Hall–Kier alpha value is -2.89. The number of hydrogen-bond donors (Lipinski definition) is 2. The van der Waals surface area contributed by atoms with Crippen LogP contribution in [0.1, 0.15) is 17.2 Å². The van der Waals surface area contributed by atoms with Gasteiger partial charge < -0.3 is 24.6 Å². The van der Waals surface area contributed by atoms with Gasteiger partial charge in [-0.2, -0.15) is 8.42 Å². The normalized spacial score (nSPS) is 15.1. The zero-order chi connectivity index (χ0) is 22.4. The molecule has 11 heteroatoms. The highest BCUT2D eigenvalue weighted by Crippen LogP contribution is 2.35. The molecule has 0 saturated heterocycles. The summed E-state index contributed by atoms with van der Waals surface area (Å²) in [5.41, 5.74) is 0.495. The highest BCUT2D eigenvalue weighted by Gasteiger charge is 2.29. The monoisotopic (exact) mass is 455 g/mol. The Morgan fingerprint density at radius 1 is 1.19 bits per heavy atom. The van der Waals surface area contributed by atoms with Crippen LogP contribution in [0, 0.1) is 5.82 Å². The summed E-state index contributed by atoms with van der Waals surface area (Å²) in [7, 11) is -3.89. The lowest BCUT2D eigenvalue weighted by Gasteiger charge is -2.26. The van der Waals surface area contributed by atoms with Crippen molar-refractivity contribution in [3.05, 3.63) is 59.4 Å². The Balaban J connectivity index is 1.75. The molecule has 2 N–H and O–H groups in total. The van der Waals surface area contributed by atoms with Crippen molar-refractivity contribution in [2.75, 3.05) is 26.1 Å². The summed E-state index contributed by atoms with van der Waals surface area (Å²) in [6.45, 7) is -0.193. The number of aliphatic hydroxyl groups excluding tert-OH is 1. The second-order valence-corrected chi connectivity index (χ2v) is 8.41. The molecule has 31 heavy (non-hydrogen) atoms. The lowest BCUT2D eigenvalue weighted by Crippen LogP contribution is -2.43. The first-order chi connectivity index (χ1) is 14.7. The molecule has 1 heterocycles. The zero-order valence-electron chi connectivity index (χ0n) is 16.6. The molecule has 2 atom stereocenters. The van der Waals surface area contributed by atoms with E-state index in [0.29, 0.717) is 0 Å². The van der Waals surface area contributed by atoms with E-state index in [1.165, 1.54) is 6.07 Å². The molecular formula is C20H22FNO8S. The van der Waals surface area contributed by atoms with Crippen molar-refractivity contribution in [1.29, 1.82) is 0 Å². The molecule has 0 saturated carbocycles. The number of carbonyl (C=O) groups excluding carboxylic acids is 1. The Labute approximate surface area is 178 Å². The van der Waals surface area contributed by atoms with Crippen molar-refractivity contribution in [1.82, 2.24) is 5.32 Å². The van der Waals surface area contributed by atoms with Crippen molar-refractivity contribution in [3.63, 3.8) is 0 Å². The molecule has 9 nitrogen and oxygen atoms in total. The van der Waals surface area contributed by atoms with Gasteiger partial charge in [0.15, 0.2) is 11.5 Å². The fourth-order valence-electron chi connectivity index (χ4n) is 2.85. The lowest BCUT2D eigenvalue weighted by molar-refractivity contribution is 0.0802. The number of nitrogens with one attached hydrogen (secondary N) is 1. The third-order valence-electron chi connectivity index (χ3n) is 4.34. The molecule has 0 aromatic heterocycles. The maximum atomic E-state index is 14.6. The molecule has 0 fully saturated rings. The van der Waals surface area contributed by atoms with E-state index in [9.17, 15) is 22.7 Å². The minimum atomic E-state index is -3.89. The Bertz CT molecular complexity index is 1020. The Kier molecular flexibility index (Phi) is 7.31. The third-order valence-corrected chi connectivity index (χ3v) is 4.90. The minimum Gasteiger partial charge on any atom is -0.486 e. The van der Waals surface area contributed by atoms with Crippen LogP contribution in [0.3, 0.4) is 0 Å². The molecule has 1 amide bonds. The summed E-state index contributed by atoms with van der Waals surface area (Å²) in [6, 6.07) is 9.79. The molecule has 1 unspecified atom stereocenters. The third kappa shape index (κ3) is 6.54. The van der Waals surface area contributed by atoms with Crippen molar-refractivity contribution >= 4 is 16.2 Å². The molecule has 1 aliphatic heterocycles. The number of halogens is 1. The van der Waals surface area contributed by atoms with E-state index in [1.807, 2.05) is 0 Å². The number of benzene rings is 2. The van der Waals surface area contributed by atoms with Crippen LogP contribution >= 0.6 is 0 Å². The number of amides is 1. The Morgan fingerprint density at radius 2 is 1.84 bits per heavy atom. The lowest BCUT2D eigenvalue weighted by atomic mass is 10.0. The van der Waals surface area contributed by atoms with Gasteiger partial charge in [-0.3, -0.25) is 4.18 Å². The largest absolute Gasteiger partial charge is 0.486 e. The van der Waals surface area contributed by atoms with Gasteiger partial charge in [0.05, 0.1) is 18.9 Å². The van der Waals surface area contributed by atoms with Gasteiger partial charge in [0.2, 0.25) is 0 Å². The first-order valence-corrected chi connectivity index (χ1v) is 11.1. The molecule has 3 rings (SSSR count). The van der Waals surface area contributed by atoms with Crippen LogP contribution in [0.15, 0.2) is 42.5 Å². The first-order valence-electron chi connectivity index (χ1n) is 9.31. The molecule has 168 valence electrons. The number of fused-ring (bicyclic) bond motifs is 1. The predicted octanol–water partition coefficient (Wildman–Crippen LogP) is 1.90. The number of ether oxygens (including phenoxy) is 3. The first kappa shape index (κ1) is 22.8. The summed E-state index contributed by atoms with van der Waals surface area (Å²) < 4.78 is 57.8. The van der Waals surface area contributed by atoms with Gasteiger partial charge in [0.25, 0.3) is 10.1 Å². The van der Waals surface area contributed by atoms with E-state index in [4.69, 9.17) is 18.4 Å². The Morgan fingerprint density at radius 3 is 2.48 bits per heavy atom. The summed E-state index contributed by atoms with van der Waals surface area (Å²) in [6.07, 6.45) is -1.79. The van der Waals surface area contributed by atoms with Crippen LogP contribution in [0.25, 0.3) is 0 Å². The van der Waals surface area contributed by atoms with Crippen molar-refractivity contribution in [2.45, 2.75) is 18.8 Å². The van der Waals surface area contributed by atoms with Gasteiger partial charge in [0.1, 0.15) is 31.7 Å². The van der Waals surface area contributed by atoms with Gasteiger partial charge in [0, 0.05) is 11.6 Å². The number of carbonyl (C=O) groups is 1. The second kappa shape index (κ2) is 9.94. The van der Waals surface area contributed by atoms with Crippen LogP contribution in [-0.2, 0) is 25.6 Å². The predicted molar refractivity (Wildman–Crippen MR) is 107 cm³/mol. The number of rotatable bonds is 8. The second-order valence-electron chi connectivity index (χ2n) is 6.76. The smallest absolute Gasteiger partial charge is 0.407 e. The topological polar surface area (TPSA) is 120 Å². The van der Waals surface area contributed by atoms with Crippen LogP contribution in [0.4, 0.5) is 9.18 Å². The molecular weight excluding hydrogens is 433 g/mol. The van der Waals surface area contributed by atoms with Gasteiger partial charge in [-0.15, -0.1) is 0 Å². The SMILES string of the molecule is CS(=O)(=O)OC[C@@H](NC(=O)OCc1ccccc1)C(O)c1cc2c(cc1F)OCCO2. The fourth-order valence-corrected chi connectivity index (χ4v) is 3.24. The van der Waals surface area contributed by atoms with E-state index in [1.54, 1.807) is 30.3 Å². The average molecular weight is 455 g/mol. The molecule has 2 aromatic carbocycles. The van der Waals surface area contributed by atoms with Crippen molar-refractivity contribution in [3.8, 4) is 11.5 Å². The molecule has 0 aliphatic carbocycles. The molecule has 2 aromatic rings. The summed E-state index contributed by atoms with van der Waals surface area (Å²) in [5.74, 6) is -0.421. The van der Waals surface area contributed by atoms with Crippen LogP contribution in [0.2, 0.25) is 0 Å². The average Bonchev–Trinajstić information content (AvgIpc) is 2.74. The minimum absolute atomic E-state index is 0.0548. The quantitative estimate of drug-likeness (QED) is 0.579. The molecule has 0 spiro atoms. The molecule has 1 aliphatic rings. The number of alkyl carbamates (subject to hydrolysis) is 1. The highest BCUT2D eigenvalue weighted by atomic mass is 32.2. The van der Waals surface area contributed by atoms with Gasteiger partial charge >= 0.3 is 6.09 Å². The maximum Gasteiger partial charge on any atom is 0.407 e. The van der Waals surface area contributed by atoms with E-state index >= 15 is 0 Å². The van der Waals surface area contributed by atoms with Gasteiger partial charge in [-0.1, -0.05) is 30.3 Å². The van der Waals surface area contributed by atoms with Gasteiger partial charge in [-0.25, -0.2) is 9.18 Å². The molecule has 0 bridgehead atoms. The van der Waals surface area contributed by atoms with E-state index in [-0.39, 0.29) is 36.9 Å². The standard InChI is InChI=1S/C20H22FNO8S/c1-31(25,26)30-12-16(22-20(24)29-11-13-5-3-2-4-6-13)19(23)14-9-17-18(10-15(14)21)28-8-7-27-17/h2-6,9-10,16,19,23H,7-8,11-12H2,1H3,(H,22,24)/t16-,19?/m1/s1. The van der Waals surface area contributed by atoms with Gasteiger partial charge in [-0.05, 0) is 11.6 Å². The number of hydrogen-bond acceptors (Lipinski definition) is 8. The zero-order valence-corrected chi connectivity index (χ0v) is 17.4. The number of aliphatic hydroxyl groups is 1. The summed E-state index contributed by atoms with van der Waals surface area (Å²) in [5, 5.41) is 13.0. The summed E-state index contributed by atoms with van der Waals surface area (Å²) in [4.78, 5) is 12.2. The van der Waals surface area contributed by atoms with Crippen LogP contribution < -0.4 is 14.8 Å². The van der Waals surface area contributed by atoms with E-state index in [0.717, 1.165) is 17.9 Å². The van der Waals surface area contributed by atoms with Crippen molar-refractivity contribution < 1.29 is 41.1 Å². The fraction of sp³-hybridized carbons (Fsp3) is 0.350. The van der Waals surface area contributed by atoms with Crippen molar-refractivity contribution in [2.24, 2.45) is 0 Å². The highest BCUT2D eigenvalue weighted by molar-refractivity contribution is 7.85. The van der Waals surface area contributed by atoms with E-state index < -0.39 is 40.8 Å². The van der Waals surface area contributed by atoms with Crippen LogP contribution in [-0.4, -0.2) is 51.7 Å².